The normalized spacial score (nSPS) is 12.8. The minimum Gasteiger partial charge on any atom is -0.367 e. The third-order valence-corrected chi connectivity index (χ3v) is 5.20. The van der Waals surface area contributed by atoms with Crippen molar-refractivity contribution in [3.05, 3.63) is 144 Å². The van der Waals surface area contributed by atoms with Gasteiger partial charge in [-0.15, -0.1) is 5.10 Å². The number of guanidine groups is 1. The number of allylic oxidation sites excluding steroid dienone is 2. The van der Waals surface area contributed by atoms with Gasteiger partial charge in [-0.3, -0.25) is 0 Å². The quantitative estimate of drug-likeness (QED) is 0.137. The fraction of sp³-hybridized carbons (Fsp3) is 0. The summed E-state index contributed by atoms with van der Waals surface area (Å²) in [6.07, 6.45) is 7.52. The van der Waals surface area contributed by atoms with Gasteiger partial charge in [0.2, 0.25) is 5.96 Å². The number of nitrogens with one attached hydrogen (secondary N) is 1. The SMILES string of the molecule is NC(=NN=CC(=Cc1ccccc1)c1ccccc1)NN=CC(=Cc1ccccc1)c1ccccc1. The summed E-state index contributed by atoms with van der Waals surface area (Å²) in [7, 11) is 0. The lowest BCUT2D eigenvalue weighted by Crippen LogP contribution is -2.26. The molecule has 36 heavy (non-hydrogen) atoms. The molecule has 0 spiro atoms. The van der Waals surface area contributed by atoms with E-state index in [9.17, 15) is 0 Å². The first-order valence-electron chi connectivity index (χ1n) is 11.6. The molecule has 4 aromatic carbocycles. The van der Waals surface area contributed by atoms with Crippen LogP contribution in [0.1, 0.15) is 22.3 Å². The van der Waals surface area contributed by atoms with Gasteiger partial charge in [0.25, 0.3) is 0 Å². The molecule has 4 aromatic rings. The molecule has 4 rings (SSSR count). The zero-order chi connectivity index (χ0) is 24.8. The smallest absolute Gasteiger partial charge is 0.234 e. The Morgan fingerprint density at radius 1 is 0.556 bits per heavy atom. The molecule has 176 valence electrons. The van der Waals surface area contributed by atoms with Crippen molar-refractivity contribution in [3.63, 3.8) is 0 Å². The van der Waals surface area contributed by atoms with Crippen LogP contribution in [-0.2, 0) is 0 Å². The van der Waals surface area contributed by atoms with E-state index in [1.807, 2.05) is 121 Å². The Bertz CT molecular complexity index is 1370. The molecule has 0 aliphatic carbocycles. The highest BCUT2D eigenvalue weighted by atomic mass is 15.4. The Morgan fingerprint density at radius 2 is 0.972 bits per heavy atom. The van der Waals surface area contributed by atoms with Gasteiger partial charge in [-0.1, -0.05) is 121 Å². The minimum atomic E-state index is 0.0849. The number of nitrogens with zero attached hydrogens (tertiary/aromatic N) is 3. The van der Waals surface area contributed by atoms with Crippen LogP contribution in [-0.4, -0.2) is 18.4 Å². The van der Waals surface area contributed by atoms with Gasteiger partial charge in [0.15, 0.2) is 0 Å². The third kappa shape index (κ3) is 7.50. The highest BCUT2D eigenvalue weighted by Crippen LogP contribution is 2.17. The molecule has 0 radical (unpaired) electrons. The van der Waals surface area contributed by atoms with Crippen molar-refractivity contribution in [2.45, 2.75) is 0 Å². The average Bonchev–Trinajstić information content (AvgIpc) is 2.94. The fourth-order valence-electron chi connectivity index (χ4n) is 3.45. The highest BCUT2D eigenvalue weighted by Gasteiger charge is 2.00. The maximum atomic E-state index is 6.00. The van der Waals surface area contributed by atoms with E-state index in [0.717, 1.165) is 33.4 Å². The van der Waals surface area contributed by atoms with Gasteiger partial charge in [0, 0.05) is 11.1 Å². The van der Waals surface area contributed by atoms with Crippen molar-refractivity contribution in [3.8, 4) is 0 Å². The second-order valence-electron chi connectivity index (χ2n) is 7.85. The predicted octanol–water partition coefficient (Wildman–Crippen LogP) is 6.34. The summed E-state index contributed by atoms with van der Waals surface area (Å²) in [5.74, 6) is 0.0849. The van der Waals surface area contributed by atoms with Crippen LogP contribution in [0.2, 0.25) is 0 Å². The van der Waals surface area contributed by atoms with E-state index in [1.54, 1.807) is 12.4 Å². The Hall–Kier alpha value is -5.03. The van der Waals surface area contributed by atoms with E-state index in [2.05, 4.69) is 32.9 Å². The summed E-state index contributed by atoms with van der Waals surface area (Å²) < 4.78 is 0. The lowest BCUT2D eigenvalue weighted by Gasteiger charge is -2.04. The van der Waals surface area contributed by atoms with Crippen LogP contribution in [0.15, 0.2) is 137 Å². The molecule has 0 atom stereocenters. The van der Waals surface area contributed by atoms with Crippen molar-refractivity contribution in [1.82, 2.24) is 5.43 Å². The molecule has 5 heteroatoms. The van der Waals surface area contributed by atoms with E-state index in [4.69, 9.17) is 5.73 Å². The lowest BCUT2D eigenvalue weighted by molar-refractivity contribution is 0.996. The molecule has 0 aromatic heterocycles. The molecule has 0 saturated heterocycles. The summed E-state index contributed by atoms with van der Waals surface area (Å²) in [6.45, 7) is 0. The molecule has 0 fully saturated rings. The highest BCUT2D eigenvalue weighted by molar-refractivity contribution is 6.16. The standard InChI is InChI=1S/C31H27N5/c32-31(35-33-23-29(27-17-9-3-10-18-27)21-25-13-5-1-6-14-25)36-34-24-30(28-19-11-4-12-20-28)22-26-15-7-2-8-16-26/h1-24H,(H3,32,35,36). The van der Waals surface area contributed by atoms with Crippen LogP contribution in [0.5, 0.6) is 0 Å². The van der Waals surface area contributed by atoms with E-state index >= 15 is 0 Å². The van der Waals surface area contributed by atoms with Gasteiger partial charge in [0.1, 0.15) is 0 Å². The van der Waals surface area contributed by atoms with Gasteiger partial charge in [-0.25, -0.2) is 5.43 Å². The lowest BCUT2D eigenvalue weighted by atomic mass is 10.0. The monoisotopic (exact) mass is 469 g/mol. The van der Waals surface area contributed by atoms with Crippen LogP contribution >= 0.6 is 0 Å². The average molecular weight is 470 g/mol. The molecule has 5 nitrogen and oxygen atoms in total. The molecule has 0 heterocycles. The van der Waals surface area contributed by atoms with Crippen LogP contribution < -0.4 is 11.2 Å². The molecule has 3 N–H and O–H groups in total. The molecule has 0 saturated carbocycles. The van der Waals surface area contributed by atoms with E-state index < -0.39 is 0 Å². The number of benzene rings is 4. The Kier molecular flexibility index (Phi) is 8.71. The first-order chi connectivity index (χ1) is 17.8. The second kappa shape index (κ2) is 13.0. The molecule has 0 aliphatic heterocycles. The molecule has 0 bridgehead atoms. The Morgan fingerprint density at radius 3 is 1.44 bits per heavy atom. The molecule has 0 unspecified atom stereocenters. The van der Waals surface area contributed by atoms with E-state index in [-0.39, 0.29) is 5.96 Å². The van der Waals surface area contributed by atoms with Crippen molar-refractivity contribution >= 4 is 41.7 Å². The van der Waals surface area contributed by atoms with Crippen molar-refractivity contribution in [1.29, 1.82) is 0 Å². The van der Waals surface area contributed by atoms with Gasteiger partial charge >= 0.3 is 0 Å². The van der Waals surface area contributed by atoms with Crippen molar-refractivity contribution in [2.75, 3.05) is 0 Å². The van der Waals surface area contributed by atoms with Gasteiger partial charge in [0.05, 0.1) is 12.4 Å². The van der Waals surface area contributed by atoms with Gasteiger partial charge in [-0.05, 0) is 34.4 Å². The fourth-order valence-corrected chi connectivity index (χ4v) is 3.45. The van der Waals surface area contributed by atoms with Crippen molar-refractivity contribution < 1.29 is 0 Å². The maximum Gasteiger partial charge on any atom is 0.234 e. The summed E-state index contributed by atoms with van der Waals surface area (Å²) in [4.78, 5) is 0. The first kappa shape index (κ1) is 24.1. The van der Waals surface area contributed by atoms with Gasteiger partial charge in [-0.2, -0.15) is 10.2 Å². The van der Waals surface area contributed by atoms with Gasteiger partial charge < -0.3 is 5.73 Å². The van der Waals surface area contributed by atoms with Crippen LogP contribution in [0.25, 0.3) is 23.3 Å². The largest absolute Gasteiger partial charge is 0.367 e. The third-order valence-electron chi connectivity index (χ3n) is 5.20. The molecule has 0 aliphatic rings. The summed E-state index contributed by atoms with van der Waals surface area (Å²) in [5.41, 5.74) is 14.8. The maximum absolute atomic E-state index is 6.00. The number of nitrogens with two attached hydrogens (primary N) is 1. The summed E-state index contributed by atoms with van der Waals surface area (Å²) in [5, 5.41) is 12.5. The van der Waals surface area contributed by atoms with E-state index in [1.165, 1.54) is 0 Å². The summed E-state index contributed by atoms with van der Waals surface area (Å²) in [6, 6.07) is 40.2. The van der Waals surface area contributed by atoms with Crippen LogP contribution in [0.4, 0.5) is 0 Å². The zero-order valence-corrected chi connectivity index (χ0v) is 19.8. The molecular weight excluding hydrogens is 442 g/mol. The van der Waals surface area contributed by atoms with Crippen LogP contribution in [0, 0.1) is 0 Å². The van der Waals surface area contributed by atoms with E-state index in [0.29, 0.717) is 0 Å². The Balaban J connectivity index is 1.49. The predicted molar refractivity (Wildman–Crippen MR) is 153 cm³/mol. The molecule has 0 amide bonds. The summed E-state index contributed by atoms with van der Waals surface area (Å²) >= 11 is 0. The zero-order valence-electron chi connectivity index (χ0n) is 19.8. The molecular formula is C31H27N5. The van der Waals surface area contributed by atoms with Crippen LogP contribution in [0.3, 0.4) is 0 Å². The number of hydrogen-bond donors (Lipinski definition) is 2. The Labute approximate surface area is 211 Å². The number of rotatable bonds is 8. The number of hydrogen-bond acceptors (Lipinski definition) is 3. The number of hydrazone groups is 1. The minimum absolute atomic E-state index is 0.0849. The topological polar surface area (TPSA) is 75.1 Å². The van der Waals surface area contributed by atoms with Crippen molar-refractivity contribution in [2.24, 2.45) is 21.0 Å². The second-order valence-corrected chi connectivity index (χ2v) is 7.85. The first-order valence-corrected chi connectivity index (χ1v) is 11.6.